The molecule has 0 aliphatic carbocycles. The Morgan fingerprint density at radius 1 is 1.19 bits per heavy atom. The Morgan fingerprint density at radius 3 is 2.38 bits per heavy atom. The summed E-state index contributed by atoms with van der Waals surface area (Å²) < 4.78 is 41.5. The molecule has 0 bridgehead atoms. The molecule has 32 heavy (non-hydrogen) atoms. The van der Waals surface area contributed by atoms with E-state index in [4.69, 9.17) is 4.84 Å². The molecule has 6 nitrogen and oxygen atoms in total. The molecule has 0 fully saturated rings. The van der Waals surface area contributed by atoms with Gasteiger partial charge < -0.3 is 4.84 Å². The van der Waals surface area contributed by atoms with Gasteiger partial charge in [-0.1, -0.05) is 45.5 Å². The van der Waals surface area contributed by atoms with Gasteiger partial charge in [0, 0.05) is 17.5 Å². The van der Waals surface area contributed by atoms with Gasteiger partial charge in [-0.05, 0) is 45.4 Å². The van der Waals surface area contributed by atoms with Gasteiger partial charge in [-0.2, -0.15) is 28.7 Å². The first-order chi connectivity index (χ1) is 14.6. The zero-order valence-corrected chi connectivity index (χ0v) is 20.4. The summed E-state index contributed by atoms with van der Waals surface area (Å²) in [6, 6.07) is 2.78. The molecule has 0 atom stereocenters. The SMILES string of the molecule is CCCCn1nc(C(C)(C)C)s/c1=N\C(=O)c1cc(C(F)(F)F)ccc1ONC(C)(C)C. The Labute approximate surface area is 190 Å². The van der Waals surface area contributed by atoms with Crippen molar-refractivity contribution >= 4 is 17.2 Å². The van der Waals surface area contributed by atoms with E-state index < -0.39 is 23.2 Å². The Morgan fingerprint density at radius 2 is 1.84 bits per heavy atom. The molecule has 1 aromatic heterocycles. The van der Waals surface area contributed by atoms with Crippen LogP contribution < -0.4 is 15.1 Å². The number of halogens is 3. The number of unbranched alkanes of at least 4 members (excludes halogenated alkanes) is 1. The molecule has 0 aliphatic heterocycles. The molecule has 1 N–H and O–H groups in total. The number of carbonyl (C=O) groups excluding carboxylic acids is 1. The zero-order valence-electron chi connectivity index (χ0n) is 19.6. The van der Waals surface area contributed by atoms with Crippen LogP contribution in [0.3, 0.4) is 0 Å². The summed E-state index contributed by atoms with van der Waals surface area (Å²) in [7, 11) is 0. The maximum atomic E-state index is 13.3. The summed E-state index contributed by atoms with van der Waals surface area (Å²) in [5, 5.41) is 5.37. The summed E-state index contributed by atoms with van der Waals surface area (Å²) >= 11 is 1.26. The molecular weight excluding hydrogens is 441 g/mol. The van der Waals surface area contributed by atoms with Crippen molar-refractivity contribution in [2.45, 2.75) is 85.0 Å². The lowest BCUT2D eigenvalue weighted by molar-refractivity contribution is -0.137. The van der Waals surface area contributed by atoms with Crippen LogP contribution in [-0.4, -0.2) is 21.2 Å². The first-order valence-electron chi connectivity index (χ1n) is 10.4. The topological polar surface area (TPSA) is 68.5 Å². The molecule has 10 heteroatoms. The third-order valence-electron chi connectivity index (χ3n) is 4.19. The highest BCUT2D eigenvalue weighted by Gasteiger charge is 2.32. The normalized spacial score (nSPS) is 13.5. The van der Waals surface area contributed by atoms with Crippen molar-refractivity contribution in [1.29, 1.82) is 0 Å². The molecule has 0 saturated heterocycles. The van der Waals surface area contributed by atoms with Gasteiger partial charge in [-0.15, -0.1) is 0 Å². The van der Waals surface area contributed by atoms with Gasteiger partial charge in [-0.25, -0.2) is 4.68 Å². The van der Waals surface area contributed by atoms with E-state index in [9.17, 15) is 18.0 Å². The van der Waals surface area contributed by atoms with Crippen molar-refractivity contribution < 1.29 is 22.8 Å². The fourth-order valence-electron chi connectivity index (χ4n) is 2.47. The van der Waals surface area contributed by atoms with E-state index in [0.29, 0.717) is 11.3 Å². The lowest BCUT2D eigenvalue weighted by atomic mass is 9.98. The predicted molar refractivity (Wildman–Crippen MR) is 119 cm³/mol. The van der Waals surface area contributed by atoms with Crippen LogP contribution in [0.15, 0.2) is 23.2 Å². The van der Waals surface area contributed by atoms with Gasteiger partial charge in [-0.3, -0.25) is 4.79 Å². The Kier molecular flexibility index (Phi) is 7.93. The number of aryl methyl sites for hydroxylation is 1. The minimum absolute atomic E-state index is 0.0256. The van der Waals surface area contributed by atoms with Gasteiger partial charge >= 0.3 is 6.18 Å². The van der Waals surface area contributed by atoms with E-state index >= 15 is 0 Å². The Bertz CT molecular complexity index is 1010. The largest absolute Gasteiger partial charge is 0.416 e. The maximum absolute atomic E-state index is 13.3. The lowest BCUT2D eigenvalue weighted by Gasteiger charge is -2.21. The summed E-state index contributed by atoms with van der Waals surface area (Å²) in [5.74, 6) is -0.849. The number of nitrogens with one attached hydrogen (secondary N) is 1. The molecule has 0 radical (unpaired) electrons. The van der Waals surface area contributed by atoms with Crippen LogP contribution in [0, 0.1) is 0 Å². The Hall–Kier alpha value is -2.20. The second-order valence-corrected chi connectivity index (χ2v) is 10.6. The summed E-state index contributed by atoms with van der Waals surface area (Å²) in [4.78, 5) is 23.0. The highest BCUT2D eigenvalue weighted by atomic mass is 32.1. The van der Waals surface area contributed by atoms with Crippen molar-refractivity contribution in [1.82, 2.24) is 15.3 Å². The summed E-state index contributed by atoms with van der Waals surface area (Å²) in [6.07, 6.45) is -2.84. The number of rotatable bonds is 6. The minimum Gasteiger partial charge on any atom is -0.407 e. The molecule has 1 aromatic carbocycles. The van der Waals surface area contributed by atoms with Crippen LogP contribution >= 0.6 is 11.3 Å². The maximum Gasteiger partial charge on any atom is 0.416 e. The van der Waals surface area contributed by atoms with Crippen molar-refractivity contribution in [2.24, 2.45) is 4.99 Å². The molecule has 0 spiro atoms. The van der Waals surface area contributed by atoms with Gasteiger partial charge in [0.2, 0.25) is 4.80 Å². The number of hydrogen-bond donors (Lipinski definition) is 1. The zero-order chi connectivity index (χ0) is 24.3. The predicted octanol–water partition coefficient (Wildman–Crippen LogP) is 5.48. The average Bonchev–Trinajstić information content (AvgIpc) is 3.06. The standard InChI is InChI=1S/C22H31F3N4O2S/c1-8-9-12-29-19(32-18(27-29)20(2,3)4)26-17(30)15-13-14(22(23,24)25)10-11-16(15)31-28-21(5,6)7/h10-11,13,28H,8-9,12H2,1-7H3/b26-19-. The second kappa shape index (κ2) is 9.74. The molecule has 0 saturated carbocycles. The molecule has 1 amide bonds. The third-order valence-corrected chi connectivity index (χ3v) is 5.56. The number of aromatic nitrogens is 2. The fraction of sp³-hybridized carbons (Fsp3) is 0.591. The number of nitrogens with zero attached hydrogens (tertiary/aromatic N) is 3. The van der Waals surface area contributed by atoms with Crippen LogP contribution in [0.2, 0.25) is 0 Å². The summed E-state index contributed by atoms with van der Waals surface area (Å²) in [6.45, 7) is 14.1. The molecule has 2 rings (SSSR count). The summed E-state index contributed by atoms with van der Waals surface area (Å²) in [5.41, 5.74) is 0.771. The Balaban J connectivity index is 2.57. The molecular formula is C22H31F3N4O2S. The molecule has 0 unspecified atom stereocenters. The monoisotopic (exact) mass is 472 g/mol. The van der Waals surface area contributed by atoms with Crippen LogP contribution in [0.1, 0.15) is 82.2 Å². The number of alkyl halides is 3. The van der Waals surface area contributed by atoms with E-state index in [-0.39, 0.29) is 16.7 Å². The van der Waals surface area contributed by atoms with E-state index in [0.717, 1.165) is 36.0 Å². The van der Waals surface area contributed by atoms with Crippen LogP contribution in [0.25, 0.3) is 0 Å². The van der Waals surface area contributed by atoms with E-state index in [1.807, 2.05) is 48.5 Å². The van der Waals surface area contributed by atoms with Crippen LogP contribution in [0.4, 0.5) is 13.2 Å². The molecule has 178 valence electrons. The van der Waals surface area contributed by atoms with Crippen molar-refractivity contribution in [3.63, 3.8) is 0 Å². The first-order valence-corrected chi connectivity index (χ1v) is 11.3. The highest BCUT2D eigenvalue weighted by Crippen LogP contribution is 2.33. The van der Waals surface area contributed by atoms with Crippen molar-refractivity contribution in [3.05, 3.63) is 39.1 Å². The van der Waals surface area contributed by atoms with Crippen LogP contribution in [-0.2, 0) is 18.1 Å². The fourth-order valence-corrected chi connectivity index (χ4v) is 3.45. The van der Waals surface area contributed by atoms with Gasteiger partial charge in [0.1, 0.15) is 5.01 Å². The highest BCUT2D eigenvalue weighted by molar-refractivity contribution is 7.09. The number of amides is 1. The van der Waals surface area contributed by atoms with Gasteiger partial charge in [0.15, 0.2) is 5.75 Å². The third kappa shape index (κ3) is 7.16. The number of carbonyl (C=O) groups is 1. The van der Waals surface area contributed by atoms with E-state index in [1.165, 1.54) is 11.3 Å². The van der Waals surface area contributed by atoms with E-state index in [1.54, 1.807) is 4.68 Å². The van der Waals surface area contributed by atoms with Crippen molar-refractivity contribution in [2.75, 3.05) is 0 Å². The second-order valence-electron chi connectivity index (χ2n) is 9.60. The van der Waals surface area contributed by atoms with Gasteiger partial charge in [0.25, 0.3) is 5.91 Å². The number of hydroxylamine groups is 1. The minimum atomic E-state index is -4.60. The quantitative estimate of drug-likeness (QED) is 0.565. The first kappa shape index (κ1) is 26.1. The molecule has 1 heterocycles. The lowest BCUT2D eigenvalue weighted by Crippen LogP contribution is -2.38. The van der Waals surface area contributed by atoms with Crippen LogP contribution in [0.5, 0.6) is 5.75 Å². The molecule has 2 aromatic rings. The van der Waals surface area contributed by atoms with E-state index in [2.05, 4.69) is 15.6 Å². The number of benzene rings is 1. The average molecular weight is 473 g/mol. The molecule has 0 aliphatic rings. The smallest absolute Gasteiger partial charge is 0.407 e. The van der Waals surface area contributed by atoms with Gasteiger partial charge in [0.05, 0.1) is 11.1 Å². The van der Waals surface area contributed by atoms with Crippen molar-refractivity contribution in [3.8, 4) is 5.75 Å². The number of hydrogen-bond acceptors (Lipinski definition) is 5.